The first kappa shape index (κ1) is 47.0. The lowest BCUT2D eigenvalue weighted by molar-refractivity contribution is 0.590. The van der Waals surface area contributed by atoms with Crippen LogP contribution < -0.4 is 14.7 Å². The number of furan rings is 1. The maximum Gasteiger partial charge on any atom is 0.159 e. The van der Waals surface area contributed by atoms with Gasteiger partial charge in [-0.3, -0.25) is 0 Å². The predicted octanol–water partition coefficient (Wildman–Crippen LogP) is 20.6. The average molecular weight is 969 g/mol. The van der Waals surface area contributed by atoms with Gasteiger partial charge in [0.1, 0.15) is 5.58 Å². The fourth-order valence-electron chi connectivity index (χ4n) is 10.0. The zero-order valence-corrected chi connectivity index (χ0v) is 43.0. The Balaban J connectivity index is 1.23. The van der Waals surface area contributed by atoms with Crippen LogP contribution in [-0.2, 0) is 10.8 Å². The molecule has 0 N–H and O–H groups in total. The van der Waals surface area contributed by atoms with Gasteiger partial charge in [-0.1, -0.05) is 205 Å². The fourth-order valence-corrected chi connectivity index (χ4v) is 10.3. The molecule has 10 aromatic carbocycles. The molecule has 358 valence electrons. The summed E-state index contributed by atoms with van der Waals surface area (Å²) in [5.41, 5.74) is 17.1. The quantitative estimate of drug-likeness (QED) is 0.129. The van der Waals surface area contributed by atoms with E-state index in [2.05, 4.69) is 293 Å². The highest BCUT2D eigenvalue weighted by Gasteiger charge is 2.29. The SMILES string of the molecule is CC(C)(C)c1cc(Cl)cc(N(c2ccccc2)c2cccc(N(c3cc(N(c4ccccc4)c4cccc5c4oc4ccccc45)cc(C(C)(C)C)c3)c3c(-c4ccccc4)cccc3-c3ccccc3)c2)c1. The summed E-state index contributed by atoms with van der Waals surface area (Å²) >= 11 is 7.06. The number of anilines is 9. The molecule has 11 rings (SSSR count). The van der Waals surface area contributed by atoms with Crippen molar-refractivity contribution in [2.75, 3.05) is 14.7 Å². The van der Waals surface area contributed by atoms with E-state index in [9.17, 15) is 0 Å². The number of hydrogen-bond acceptors (Lipinski definition) is 4. The monoisotopic (exact) mass is 967 g/mol. The van der Waals surface area contributed by atoms with Crippen LogP contribution >= 0.6 is 11.6 Å². The summed E-state index contributed by atoms with van der Waals surface area (Å²) in [7, 11) is 0. The Hall–Kier alpha value is -8.31. The summed E-state index contributed by atoms with van der Waals surface area (Å²) in [5.74, 6) is 0. The molecule has 1 heterocycles. The third kappa shape index (κ3) is 9.39. The highest BCUT2D eigenvalue weighted by Crippen LogP contribution is 2.51. The first-order chi connectivity index (χ1) is 35.4. The van der Waals surface area contributed by atoms with Crippen molar-refractivity contribution < 1.29 is 4.42 Å². The Labute approximate surface area is 435 Å². The largest absolute Gasteiger partial charge is 0.454 e. The third-order valence-electron chi connectivity index (χ3n) is 13.7. The van der Waals surface area contributed by atoms with E-state index in [1.54, 1.807) is 0 Å². The van der Waals surface area contributed by atoms with Gasteiger partial charge in [0.2, 0.25) is 0 Å². The third-order valence-corrected chi connectivity index (χ3v) is 13.9. The lowest BCUT2D eigenvalue weighted by Crippen LogP contribution is -2.19. The number of hydrogen-bond donors (Lipinski definition) is 0. The van der Waals surface area contributed by atoms with Crippen LogP contribution in [0.5, 0.6) is 0 Å². The molecule has 0 aliphatic carbocycles. The first-order valence-corrected chi connectivity index (χ1v) is 25.5. The van der Waals surface area contributed by atoms with Crippen molar-refractivity contribution >= 4 is 84.7 Å². The summed E-state index contributed by atoms with van der Waals surface area (Å²) in [4.78, 5) is 7.17. The zero-order chi connectivity index (χ0) is 50.3. The highest BCUT2D eigenvalue weighted by molar-refractivity contribution is 6.31. The molecule has 0 aliphatic heterocycles. The molecule has 1 aromatic heterocycles. The van der Waals surface area contributed by atoms with Gasteiger partial charge >= 0.3 is 0 Å². The maximum absolute atomic E-state index is 7.06. The Kier molecular flexibility index (Phi) is 12.5. The Morgan fingerprint density at radius 1 is 0.342 bits per heavy atom. The normalized spacial score (nSPS) is 11.8. The maximum atomic E-state index is 7.06. The molecular formula is C68H58ClN3O. The standard InChI is InChI=1S/C68H58ClN3O/c1-67(2,3)49-40-51(69)44-56(41-49)70(52-28-15-9-16-29-52)54-32-21-33-55(45-54)72(65-59(47-24-11-7-12-25-47)35-22-36-60(65)48-26-13-8-14-27-48)58-43-50(68(4,5)6)42-57(46-58)71(53-30-17-10-18-31-53)63-38-23-37-62-61-34-19-20-39-64(61)73-66(62)63/h7-46H,1-6H3. The molecule has 0 radical (unpaired) electrons. The van der Waals surface area contributed by atoms with Crippen molar-refractivity contribution in [3.8, 4) is 22.3 Å². The van der Waals surface area contributed by atoms with E-state index in [4.69, 9.17) is 16.0 Å². The van der Waals surface area contributed by atoms with Gasteiger partial charge in [0, 0.05) is 66.7 Å². The molecule has 0 saturated heterocycles. The van der Waals surface area contributed by atoms with Gasteiger partial charge in [0.15, 0.2) is 5.58 Å². The van der Waals surface area contributed by atoms with Crippen molar-refractivity contribution in [2.24, 2.45) is 0 Å². The van der Waals surface area contributed by atoms with Gasteiger partial charge in [-0.05, 0) is 124 Å². The second-order valence-electron chi connectivity index (χ2n) is 20.8. The van der Waals surface area contributed by atoms with Crippen molar-refractivity contribution in [3.05, 3.63) is 259 Å². The lowest BCUT2D eigenvalue weighted by Gasteiger charge is -2.35. The molecule has 5 heteroatoms. The van der Waals surface area contributed by atoms with E-state index >= 15 is 0 Å². The average Bonchev–Trinajstić information content (AvgIpc) is 3.79. The van der Waals surface area contributed by atoms with Crippen LogP contribution in [0.15, 0.2) is 247 Å². The van der Waals surface area contributed by atoms with Gasteiger partial charge in [0.25, 0.3) is 0 Å². The van der Waals surface area contributed by atoms with Gasteiger partial charge < -0.3 is 19.1 Å². The van der Waals surface area contributed by atoms with Gasteiger partial charge in [-0.25, -0.2) is 0 Å². The Morgan fingerprint density at radius 2 is 0.767 bits per heavy atom. The smallest absolute Gasteiger partial charge is 0.159 e. The van der Waals surface area contributed by atoms with Crippen molar-refractivity contribution in [1.82, 2.24) is 0 Å². The number of nitrogens with zero attached hydrogens (tertiary/aromatic N) is 3. The minimum absolute atomic E-state index is 0.130. The fraction of sp³-hybridized carbons (Fsp3) is 0.118. The van der Waals surface area contributed by atoms with Gasteiger partial charge in [-0.15, -0.1) is 0 Å². The topological polar surface area (TPSA) is 22.9 Å². The predicted molar refractivity (Wildman–Crippen MR) is 311 cm³/mol. The van der Waals surface area contributed by atoms with Crippen LogP contribution in [0.2, 0.25) is 5.02 Å². The summed E-state index contributed by atoms with van der Waals surface area (Å²) in [6.07, 6.45) is 0. The van der Waals surface area contributed by atoms with Crippen LogP contribution in [0.4, 0.5) is 51.2 Å². The van der Waals surface area contributed by atoms with E-state index in [0.717, 1.165) is 101 Å². The summed E-state index contributed by atoms with van der Waals surface area (Å²) in [5, 5.41) is 2.85. The molecule has 0 spiro atoms. The number of rotatable bonds is 11. The molecular weight excluding hydrogens is 910 g/mol. The molecule has 0 aliphatic rings. The van der Waals surface area contributed by atoms with Crippen molar-refractivity contribution in [3.63, 3.8) is 0 Å². The van der Waals surface area contributed by atoms with E-state index in [0.29, 0.717) is 5.02 Å². The molecule has 4 nitrogen and oxygen atoms in total. The first-order valence-electron chi connectivity index (χ1n) is 25.1. The molecule has 0 fully saturated rings. The van der Waals surface area contributed by atoms with Crippen LogP contribution in [0.1, 0.15) is 52.7 Å². The minimum Gasteiger partial charge on any atom is -0.454 e. The summed E-state index contributed by atoms with van der Waals surface area (Å²) < 4.78 is 6.83. The summed E-state index contributed by atoms with van der Waals surface area (Å²) in [6, 6.07) is 86.8. The Morgan fingerprint density at radius 3 is 1.36 bits per heavy atom. The van der Waals surface area contributed by atoms with E-state index in [1.165, 1.54) is 5.56 Å². The molecule has 0 atom stereocenters. The molecule has 73 heavy (non-hydrogen) atoms. The molecule has 0 unspecified atom stereocenters. The zero-order valence-electron chi connectivity index (χ0n) is 42.2. The van der Waals surface area contributed by atoms with E-state index in [1.807, 2.05) is 6.07 Å². The number of fused-ring (bicyclic) bond motifs is 3. The molecule has 11 aromatic rings. The van der Waals surface area contributed by atoms with Crippen LogP contribution in [0.25, 0.3) is 44.2 Å². The van der Waals surface area contributed by atoms with Crippen molar-refractivity contribution in [2.45, 2.75) is 52.4 Å². The molecule has 0 bridgehead atoms. The van der Waals surface area contributed by atoms with E-state index < -0.39 is 0 Å². The van der Waals surface area contributed by atoms with E-state index in [-0.39, 0.29) is 10.8 Å². The highest BCUT2D eigenvalue weighted by atomic mass is 35.5. The van der Waals surface area contributed by atoms with Gasteiger partial charge in [0.05, 0.1) is 11.4 Å². The molecule has 0 amide bonds. The number of benzene rings is 10. The Bertz CT molecular complexity index is 3670. The summed E-state index contributed by atoms with van der Waals surface area (Å²) in [6.45, 7) is 13.6. The number of para-hydroxylation sites is 5. The number of halogens is 1. The molecule has 0 saturated carbocycles. The lowest BCUT2D eigenvalue weighted by atomic mass is 9.86. The second kappa shape index (κ2) is 19.4. The minimum atomic E-state index is -0.255. The second-order valence-corrected chi connectivity index (χ2v) is 21.3. The van der Waals surface area contributed by atoms with Crippen LogP contribution in [0, 0.1) is 0 Å². The van der Waals surface area contributed by atoms with Crippen LogP contribution in [-0.4, -0.2) is 0 Å². The van der Waals surface area contributed by atoms with Gasteiger partial charge in [-0.2, -0.15) is 0 Å². The van der Waals surface area contributed by atoms with Crippen molar-refractivity contribution in [1.29, 1.82) is 0 Å². The van der Waals surface area contributed by atoms with Crippen LogP contribution in [0.3, 0.4) is 0 Å².